The number of rotatable bonds is 16. The van der Waals surface area contributed by atoms with Crippen LogP contribution in [-0.4, -0.2) is 42.7 Å². The number of nitrogens with zero attached hydrogens (tertiary/aromatic N) is 1. The Hall–Kier alpha value is -0.0900. The van der Waals surface area contributed by atoms with Crippen molar-refractivity contribution >= 4 is 23.0 Å². The van der Waals surface area contributed by atoms with Crippen LogP contribution in [0.2, 0.25) is 0 Å². The minimum absolute atomic E-state index is 0. The molecule has 0 saturated carbocycles. The normalized spacial score (nSPS) is 25.6. The van der Waals surface area contributed by atoms with Gasteiger partial charge in [0.25, 0.3) is 0 Å². The molecular formula is C25H49BrNO2+. The van der Waals surface area contributed by atoms with Gasteiger partial charge < -0.3 is 9.22 Å². The molecule has 3 aliphatic heterocycles. The fourth-order valence-corrected chi connectivity index (χ4v) is 5.52. The number of ether oxygens (including phenoxy) is 1. The molecule has 0 aromatic carbocycles. The lowest BCUT2D eigenvalue weighted by Crippen LogP contribution is -2.64. The minimum atomic E-state index is -0.0895. The van der Waals surface area contributed by atoms with E-state index in [2.05, 4.69) is 6.92 Å². The quantitative estimate of drug-likeness (QED) is 0.134. The molecule has 0 spiro atoms. The van der Waals surface area contributed by atoms with Crippen molar-refractivity contribution < 1.29 is 14.0 Å². The summed E-state index contributed by atoms with van der Waals surface area (Å²) in [6.45, 7) is 8.89. The Kier molecular flexibility index (Phi) is 14.6. The van der Waals surface area contributed by atoms with Crippen LogP contribution in [0.4, 0.5) is 0 Å². The van der Waals surface area contributed by atoms with Gasteiger partial charge in [-0.05, 0) is 12.8 Å². The average Bonchev–Trinajstić information content (AvgIpc) is 2.68. The number of carbonyl (C=O) groups is 1. The van der Waals surface area contributed by atoms with Crippen molar-refractivity contribution in [2.24, 2.45) is 5.92 Å². The third kappa shape index (κ3) is 10.7. The fraction of sp³-hybridized carbons (Fsp3) is 0.960. The van der Waals surface area contributed by atoms with Crippen LogP contribution < -0.4 is 0 Å². The van der Waals surface area contributed by atoms with Gasteiger partial charge in [0.05, 0.1) is 19.6 Å². The molecule has 3 heterocycles. The first kappa shape index (κ1) is 26.9. The highest BCUT2D eigenvalue weighted by molar-refractivity contribution is 8.93. The zero-order valence-electron chi connectivity index (χ0n) is 19.5. The first-order chi connectivity index (χ1) is 13.7. The maximum atomic E-state index is 11.4. The van der Waals surface area contributed by atoms with Crippen LogP contribution in [0.5, 0.6) is 0 Å². The highest BCUT2D eigenvalue weighted by Gasteiger charge is 2.46. The molecule has 1 atom stereocenters. The summed E-state index contributed by atoms with van der Waals surface area (Å²) in [6.07, 6.45) is 22.7. The Bertz CT molecular complexity index is 421. The van der Waals surface area contributed by atoms with Gasteiger partial charge in [-0.1, -0.05) is 84.0 Å². The largest absolute Gasteiger partial charge is 0.456 e. The third-order valence-corrected chi connectivity index (χ3v) is 7.34. The maximum absolute atomic E-state index is 11.4. The van der Waals surface area contributed by atoms with E-state index < -0.39 is 0 Å². The SMILES string of the molecule is Br.CCCCCCCCCCCCCCCC[N+]12CCC(CC1)C(OC(C)=O)C2. The Morgan fingerprint density at radius 1 is 0.793 bits per heavy atom. The highest BCUT2D eigenvalue weighted by Crippen LogP contribution is 2.36. The van der Waals surface area contributed by atoms with Crippen LogP contribution in [0.15, 0.2) is 0 Å². The first-order valence-corrected chi connectivity index (χ1v) is 12.7. The van der Waals surface area contributed by atoms with Gasteiger partial charge in [0.1, 0.15) is 6.54 Å². The summed E-state index contributed by atoms with van der Waals surface area (Å²) in [5, 5.41) is 0. The zero-order valence-corrected chi connectivity index (χ0v) is 21.2. The van der Waals surface area contributed by atoms with E-state index in [1.54, 1.807) is 6.92 Å². The molecular weight excluding hydrogens is 426 g/mol. The van der Waals surface area contributed by atoms with Crippen LogP contribution in [0, 0.1) is 5.92 Å². The average molecular weight is 476 g/mol. The summed E-state index contributed by atoms with van der Waals surface area (Å²) in [5.74, 6) is 0.550. The van der Waals surface area contributed by atoms with Gasteiger partial charge in [0.15, 0.2) is 6.10 Å². The Labute approximate surface area is 191 Å². The summed E-state index contributed by atoms with van der Waals surface area (Å²) < 4.78 is 6.85. The second-order valence-corrected chi connectivity index (χ2v) is 9.78. The second-order valence-electron chi connectivity index (χ2n) is 9.78. The van der Waals surface area contributed by atoms with E-state index in [0.717, 1.165) is 6.54 Å². The molecule has 3 aliphatic rings. The van der Waals surface area contributed by atoms with E-state index in [-0.39, 0.29) is 29.1 Å². The second kappa shape index (κ2) is 15.7. The van der Waals surface area contributed by atoms with Crippen molar-refractivity contribution in [2.45, 2.75) is 123 Å². The molecule has 3 nitrogen and oxygen atoms in total. The van der Waals surface area contributed by atoms with Crippen LogP contribution >= 0.6 is 17.0 Å². The van der Waals surface area contributed by atoms with Gasteiger partial charge in [-0.25, -0.2) is 0 Å². The molecule has 2 bridgehead atoms. The number of carbonyl (C=O) groups excluding carboxylic acids is 1. The molecule has 0 N–H and O–H groups in total. The third-order valence-electron chi connectivity index (χ3n) is 7.34. The van der Waals surface area contributed by atoms with E-state index in [1.165, 1.54) is 127 Å². The molecule has 172 valence electrons. The number of quaternary nitrogens is 1. The number of unbranched alkanes of at least 4 members (excludes halogenated alkanes) is 13. The smallest absolute Gasteiger partial charge is 0.303 e. The highest BCUT2D eigenvalue weighted by atomic mass is 79.9. The van der Waals surface area contributed by atoms with Crippen LogP contribution in [0.3, 0.4) is 0 Å². The predicted octanol–water partition coefficient (Wildman–Crippen LogP) is 7.22. The predicted molar refractivity (Wildman–Crippen MR) is 129 cm³/mol. The van der Waals surface area contributed by atoms with Crippen molar-refractivity contribution in [1.29, 1.82) is 0 Å². The molecule has 3 saturated heterocycles. The summed E-state index contributed by atoms with van der Waals surface area (Å²) in [5.41, 5.74) is 0. The van der Waals surface area contributed by atoms with Crippen LogP contribution in [0.25, 0.3) is 0 Å². The van der Waals surface area contributed by atoms with E-state index in [4.69, 9.17) is 4.74 Å². The van der Waals surface area contributed by atoms with Gasteiger partial charge in [-0.15, -0.1) is 17.0 Å². The number of esters is 1. The van der Waals surface area contributed by atoms with Gasteiger partial charge >= 0.3 is 5.97 Å². The Morgan fingerprint density at radius 3 is 1.69 bits per heavy atom. The lowest BCUT2D eigenvalue weighted by atomic mass is 9.83. The van der Waals surface area contributed by atoms with Crippen molar-refractivity contribution in [3.63, 3.8) is 0 Å². The Morgan fingerprint density at radius 2 is 1.24 bits per heavy atom. The molecule has 0 aromatic heterocycles. The molecule has 4 heteroatoms. The molecule has 0 aliphatic carbocycles. The van der Waals surface area contributed by atoms with Gasteiger partial charge in [0.2, 0.25) is 0 Å². The summed E-state index contributed by atoms with van der Waals surface area (Å²) in [7, 11) is 0. The zero-order chi connectivity index (χ0) is 20.1. The fourth-order valence-electron chi connectivity index (χ4n) is 5.52. The molecule has 0 aromatic rings. The molecule has 3 rings (SSSR count). The van der Waals surface area contributed by atoms with Crippen LogP contribution in [0.1, 0.15) is 117 Å². The van der Waals surface area contributed by atoms with E-state index in [0.29, 0.717) is 5.92 Å². The van der Waals surface area contributed by atoms with Gasteiger partial charge in [-0.3, -0.25) is 4.79 Å². The van der Waals surface area contributed by atoms with Crippen molar-refractivity contribution in [1.82, 2.24) is 0 Å². The topological polar surface area (TPSA) is 26.3 Å². The van der Waals surface area contributed by atoms with E-state index in [9.17, 15) is 4.79 Å². The standard InChI is InChI=1S/C25H48NO2.BrH/c1-3-4-5-6-7-8-9-10-11-12-13-14-15-16-19-26-20-17-24(18-21-26)25(22-26)28-23(2)27;/h24-25H,3-22H2,1-2H3;1H/q+1;. The minimum Gasteiger partial charge on any atom is -0.456 e. The number of hydrogen-bond donors (Lipinski definition) is 0. The van der Waals surface area contributed by atoms with E-state index in [1.807, 2.05) is 0 Å². The summed E-state index contributed by atoms with van der Waals surface area (Å²) in [4.78, 5) is 11.4. The number of piperidine rings is 3. The Balaban J connectivity index is 0.00000420. The molecule has 29 heavy (non-hydrogen) atoms. The summed E-state index contributed by atoms with van der Waals surface area (Å²) >= 11 is 0. The first-order valence-electron chi connectivity index (χ1n) is 12.7. The molecule has 0 radical (unpaired) electrons. The number of fused-ring (bicyclic) bond motifs is 3. The molecule has 0 amide bonds. The molecule has 3 fully saturated rings. The van der Waals surface area contributed by atoms with E-state index >= 15 is 0 Å². The van der Waals surface area contributed by atoms with Crippen molar-refractivity contribution in [2.75, 3.05) is 26.2 Å². The van der Waals surface area contributed by atoms with Crippen molar-refractivity contribution in [3.05, 3.63) is 0 Å². The lowest BCUT2D eigenvalue weighted by molar-refractivity contribution is -0.946. The van der Waals surface area contributed by atoms with Crippen molar-refractivity contribution in [3.8, 4) is 0 Å². The van der Waals surface area contributed by atoms with Crippen LogP contribution in [-0.2, 0) is 9.53 Å². The van der Waals surface area contributed by atoms with Gasteiger partial charge in [0, 0.05) is 25.7 Å². The monoisotopic (exact) mass is 474 g/mol. The lowest BCUT2D eigenvalue weighted by Gasteiger charge is -2.52. The maximum Gasteiger partial charge on any atom is 0.303 e. The number of hydrogen-bond acceptors (Lipinski definition) is 2. The number of halogens is 1. The van der Waals surface area contributed by atoms with Gasteiger partial charge in [-0.2, -0.15) is 0 Å². The summed E-state index contributed by atoms with van der Waals surface area (Å²) in [6, 6.07) is 0. The molecule has 1 unspecified atom stereocenters.